The molecule has 2 aromatic rings. The highest BCUT2D eigenvalue weighted by Crippen LogP contribution is 2.32. The van der Waals surface area contributed by atoms with Crippen molar-refractivity contribution in [3.63, 3.8) is 0 Å². The molecule has 148 valence electrons. The van der Waals surface area contributed by atoms with E-state index >= 15 is 0 Å². The van der Waals surface area contributed by atoms with E-state index in [2.05, 4.69) is 42.3 Å². The Bertz CT molecular complexity index is 880. The van der Waals surface area contributed by atoms with Gasteiger partial charge in [0.15, 0.2) is 5.13 Å². The summed E-state index contributed by atoms with van der Waals surface area (Å²) in [4.78, 5) is 32.2. The number of amides is 2. The van der Waals surface area contributed by atoms with Crippen LogP contribution >= 0.6 is 11.3 Å². The number of aromatic nitrogens is 1. The van der Waals surface area contributed by atoms with Gasteiger partial charge in [-0.2, -0.15) is 0 Å². The van der Waals surface area contributed by atoms with Crippen molar-refractivity contribution in [3.8, 4) is 0 Å². The molecule has 0 unspecified atom stereocenters. The van der Waals surface area contributed by atoms with Gasteiger partial charge in [-0.05, 0) is 56.2 Å². The summed E-state index contributed by atoms with van der Waals surface area (Å²) in [6.45, 7) is 5.64. The summed E-state index contributed by atoms with van der Waals surface area (Å²) < 4.78 is 0. The number of likely N-dealkylation sites (tertiary alicyclic amines) is 1. The van der Waals surface area contributed by atoms with Crippen LogP contribution in [0.4, 0.5) is 5.13 Å². The molecule has 1 saturated heterocycles. The van der Waals surface area contributed by atoms with Crippen LogP contribution in [-0.2, 0) is 16.0 Å². The molecule has 1 aromatic heterocycles. The summed E-state index contributed by atoms with van der Waals surface area (Å²) in [5.41, 5.74) is 3.85. The van der Waals surface area contributed by atoms with Gasteiger partial charge in [-0.1, -0.05) is 18.2 Å². The fourth-order valence-electron chi connectivity index (χ4n) is 3.72. The predicted octanol–water partition coefficient (Wildman–Crippen LogP) is 3.94. The van der Waals surface area contributed by atoms with Crippen molar-refractivity contribution in [1.29, 1.82) is 0 Å². The summed E-state index contributed by atoms with van der Waals surface area (Å²) >= 11 is 1.54. The monoisotopic (exact) mass is 397 g/mol. The van der Waals surface area contributed by atoms with Crippen molar-refractivity contribution in [2.75, 3.05) is 18.4 Å². The van der Waals surface area contributed by atoms with Gasteiger partial charge >= 0.3 is 0 Å². The third kappa shape index (κ3) is 4.43. The van der Waals surface area contributed by atoms with Crippen LogP contribution < -0.4 is 5.32 Å². The lowest BCUT2D eigenvalue weighted by molar-refractivity contribution is -0.135. The number of piperidine rings is 1. The van der Waals surface area contributed by atoms with E-state index in [1.54, 1.807) is 11.3 Å². The molecule has 1 aliphatic carbocycles. The second-order valence-electron chi connectivity index (χ2n) is 8.09. The first kappa shape index (κ1) is 19.1. The molecule has 2 heterocycles. The highest BCUT2D eigenvalue weighted by Gasteiger charge is 2.36. The minimum atomic E-state index is -0.0321. The molecule has 0 spiro atoms. The van der Waals surface area contributed by atoms with Crippen molar-refractivity contribution < 1.29 is 9.59 Å². The van der Waals surface area contributed by atoms with Crippen LogP contribution in [0.1, 0.15) is 47.3 Å². The molecule has 6 heteroatoms. The molecule has 0 radical (unpaired) electrons. The maximum atomic E-state index is 12.6. The normalized spacial score (nSPS) is 17.6. The Morgan fingerprint density at radius 2 is 1.86 bits per heavy atom. The highest BCUT2D eigenvalue weighted by atomic mass is 32.1. The van der Waals surface area contributed by atoms with Crippen molar-refractivity contribution in [3.05, 3.63) is 46.0 Å². The molecule has 0 atom stereocenters. The van der Waals surface area contributed by atoms with Gasteiger partial charge in [0.1, 0.15) is 0 Å². The van der Waals surface area contributed by atoms with E-state index in [1.165, 1.54) is 16.7 Å². The van der Waals surface area contributed by atoms with Crippen molar-refractivity contribution in [2.24, 2.45) is 11.8 Å². The Morgan fingerprint density at radius 3 is 2.54 bits per heavy atom. The lowest BCUT2D eigenvalue weighted by Gasteiger charge is -2.31. The lowest BCUT2D eigenvalue weighted by atomic mass is 9.95. The molecule has 1 aromatic carbocycles. The van der Waals surface area contributed by atoms with Crippen LogP contribution in [-0.4, -0.2) is 34.8 Å². The van der Waals surface area contributed by atoms with E-state index in [-0.39, 0.29) is 23.7 Å². The molecular weight excluding hydrogens is 370 g/mol. The number of nitrogens with one attached hydrogen (secondary N) is 1. The van der Waals surface area contributed by atoms with Gasteiger partial charge in [-0.15, -0.1) is 11.3 Å². The second kappa shape index (κ2) is 8.03. The van der Waals surface area contributed by atoms with Gasteiger partial charge in [-0.3, -0.25) is 9.59 Å². The van der Waals surface area contributed by atoms with Gasteiger partial charge in [0.2, 0.25) is 11.8 Å². The smallest absolute Gasteiger partial charge is 0.229 e. The average molecular weight is 398 g/mol. The number of nitrogens with zero attached hydrogens (tertiary/aromatic N) is 2. The minimum Gasteiger partial charge on any atom is -0.342 e. The molecule has 2 fully saturated rings. The van der Waals surface area contributed by atoms with E-state index in [9.17, 15) is 9.59 Å². The largest absolute Gasteiger partial charge is 0.342 e. The molecule has 4 rings (SSSR count). The molecule has 0 bridgehead atoms. The van der Waals surface area contributed by atoms with E-state index in [0.717, 1.165) is 37.0 Å². The molecule has 1 N–H and O–H groups in total. The van der Waals surface area contributed by atoms with E-state index in [0.29, 0.717) is 18.2 Å². The molecule has 5 nitrogen and oxygen atoms in total. The third-order valence-corrected chi connectivity index (χ3v) is 6.75. The number of hydrogen-bond acceptors (Lipinski definition) is 4. The number of carbonyl (C=O) groups is 2. The van der Waals surface area contributed by atoms with E-state index in [4.69, 9.17) is 0 Å². The number of hydrogen-bond donors (Lipinski definition) is 1. The SMILES string of the molecule is Cc1ccc(Cc2cnc(NC(=O)C3CCN(C(=O)C4CC4)CC3)s2)cc1C. The first-order valence-electron chi connectivity index (χ1n) is 10.1. The maximum absolute atomic E-state index is 12.6. The van der Waals surface area contributed by atoms with Crippen LogP contribution in [0.3, 0.4) is 0 Å². The Morgan fingerprint density at radius 1 is 1.11 bits per heavy atom. The fourth-order valence-corrected chi connectivity index (χ4v) is 4.57. The van der Waals surface area contributed by atoms with Gasteiger partial charge in [0, 0.05) is 42.4 Å². The average Bonchev–Trinajstić information content (AvgIpc) is 3.45. The molecule has 1 saturated carbocycles. The summed E-state index contributed by atoms with van der Waals surface area (Å²) in [6, 6.07) is 6.51. The number of aryl methyl sites for hydroxylation is 2. The van der Waals surface area contributed by atoms with Gasteiger partial charge in [-0.25, -0.2) is 4.98 Å². The number of anilines is 1. The van der Waals surface area contributed by atoms with E-state index < -0.39 is 0 Å². The summed E-state index contributed by atoms with van der Waals surface area (Å²) in [5, 5.41) is 3.65. The molecule has 2 amide bonds. The number of thiazole rings is 1. The third-order valence-electron chi connectivity index (χ3n) is 5.84. The van der Waals surface area contributed by atoms with Crippen molar-refractivity contribution in [1.82, 2.24) is 9.88 Å². The Balaban J connectivity index is 1.29. The predicted molar refractivity (Wildman–Crippen MR) is 111 cm³/mol. The standard InChI is InChI=1S/C22H27N3O2S/c1-14-3-4-16(11-15(14)2)12-19-13-23-22(28-19)24-20(26)17-7-9-25(10-8-17)21(27)18-5-6-18/h3-4,11,13,17-18H,5-10,12H2,1-2H3,(H,23,24,26). The molecule has 1 aliphatic heterocycles. The van der Waals surface area contributed by atoms with Gasteiger partial charge in [0.05, 0.1) is 0 Å². The van der Waals surface area contributed by atoms with Crippen LogP contribution in [0.2, 0.25) is 0 Å². The van der Waals surface area contributed by atoms with Crippen LogP contribution in [0.25, 0.3) is 0 Å². The Labute approximate surface area is 170 Å². The number of benzene rings is 1. The topological polar surface area (TPSA) is 62.3 Å². The number of carbonyl (C=O) groups excluding carboxylic acids is 2. The highest BCUT2D eigenvalue weighted by molar-refractivity contribution is 7.15. The Hall–Kier alpha value is -2.21. The Kier molecular flexibility index (Phi) is 5.49. The van der Waals surface area contributed by atoms with Crippen molar-refractivity contribution in [2.45, 2.75) is 46.0 Å². The summed E-state index contributed by atoms with van der Waals surface area (Å²) in [6.07, 6.45) is 6.24. The zero-order chi connectivity index (χ0) is 19.7. The van der Waals surface area contributed by atoms with E-state index in [1.807, 2.05) is 11.1 Å². The molecule has 2 aliphatic rings. The van der Waals surface area contributed by atoms with Gasteiger partial charge in [0.25, 0.3) is 0 Å². The van der Waals surface area contributed by atoms with Crippen LogP contribution in [0.15, 0.2) is 24.4 Å². The minimum absolute atomic E-state index is 0.0321. The first-order valence-corrected chi connectivity index (χ1v) is 10.9. The molecular formula is C22H27N3O2S. The van der Waals surface area contributed by atoms with Gasteiger partial charge < -0.3 is 10.2 Å². The maximum Gasteiger partial charge on any atom is 0.229 e. The van der Waals surface area contributed by atoms with Crippen LogP contribution in [0.5, 0.6) is 0 Å². The second-order valence-corrected chi connectivity index (χ2v) is 9.21. The molecule has 28 heavy (non-hydrogen) atoms. The first-order chi connectivity index (χ1) is 13.5. The quantitative estimate of drug-likeness (QED) is 0.831. The van der Waals surface area contributed by atoms with Crippen molar-refractivity contribution >= 4 is 28.3 Å². The fraction of sp³-hybridized carbons (Fsp3) is 0.500. The number of rotatable bonds is 5. The van der Waals surface area contributed by atoms with Crippen LogP contribution in [0, 0.1) is 25.7 Å². The zero-order valence-electron chi connectivity index (χ0n) is 16.5. The summed E-state index contributed by atoms with van der Waals surface area (Å²) in [5.74, 6) is 0.548. The summed E-state index contributed by atoms with van der Waals surface area (Å²) in [7, 11) is 0. The zero-order valence-corrected chi connectivity index (χ0v) is 17.3. The lowest BCUT2D eigenvalue weighted by Crippen LogP contribution is -2.42.